The van der Waals surface area contributed by atoms with Crippen LogP contribution in [0.2, 0.25) is 10.0 Å². The van der Waals surface area contributed by atoms with Crippen LogP contribution in [0.4, 0.5) is 0 Å². The van der Waals surface area contributed by atoms with E-state index in [1.807, 2.05) is 30.3 Å². The third-order valence-electron chi connectivity index (χ3n) is 3.98. The van der Waals surface area contributed by atoms with Crippen molar-refractivity contribution in [1.82, 2.24) is 9.78 Å². The van der Waals surface area contributed by atoms with Crippen molar-refractivity contribution >= 4 is 44.9 Å². The fourth-order valence-corrected chi connectivity index (χ4v) is 3.13. The lowest BCUT2D eigenvalue weighted by Gasteiger charge is -2.10. The van der Waals surface area contributed by atoms with Crippen molar-refractivity contribution < 1.29 is 4.42 Å². The van der Waals surface area contributed by atoms with Gasteiger partial charge in [-0.3, -0.25) is 4.79 Å². The first kappa shape index (κ1) is 15.9. The average molecular weight is 373 g/mol. The van der Waals surface area contributed by atoms with Gasteiger partial charge in [-0.1, -0.05) is 53.5 Å². The Hall–Kier alpha value is -2.63. The highest BCUT2D eigenvalue weighted by atomic mass is 35.5. The van der Waals surface area contributed by atoms with E-state index in [2.05, 4.69) is 5.10 Å². The van der Waals surface area contributed by atoms with Crippen LogP contribution >= 0.6 is 23.2 Å². The largest absolute Gasteiger partial charge is 0.423 e. The summed E-state index contributed by atoms with van der Waals surface area (Å²) < 4.78 is 6.48. The second-order valence-electron chi connectivity index (χ2n) is 5.52. The van der Waals surface area contributed by atoms with E-state index in [1.165, 1.54) is 16.9 Å². The zero-order chi connectivity index (χ0) is 17.6. The molecule has 0 unspecified atom stereocenters. The van der Waals surface area contributed by atoms with Gasteiger partial charge in [0.15, 0.2) is 0 Å². The van der Waals surface area contributed by atoms with Gasteiger partial charge in [0.1, 0.15) is 10.6 Å². The molecular formula is C18H10Cl2N2O3. The van der Waals surface area contributed by atoms with E-state index in [-0.39, 0.29) is 16.6 Å². The quantitative estimate of drug-likeness (QED) is 0.395. The summed E-state index contributed by atoms with van der Waals surface area (Å²) in [7, 11) is 0. The highest BCUT2D eigenvalue weighted by Gasteiger charge is 2.13. The smallest absolute Gasteiger partial charge is 0.336 e. The Labute approximate surface area is 151 Å². The van der Waals surface area contributed by atoms with Crippen LogP contribution < -0.4 is 11.2 Å². The van der Waals surface area contributed by atoms with E-state index in [1.54, 1.807) is 6.07 Å². The summed E-state index contributed by atoms with van der Waals surface area (Å²) in [6.07, 6.45) is 1.30. The van der Waals surface area contributed by atoms with Crippen LogP contribution in [0.15, 0.2) is 62.7 Å². The van der Waals surface area contributed by atoms with Crippen molar-refractivity contribution in [2.24, 2.45) is 0 Å². The molecule has 0 saturated carbocycles. The standard InChI is InChI=1S/C18H10Cl2N2O3/c19-13-8-21-22(18(24)17(13)20)9-11-7-15(23)25-14-6-5-10-3-1-2-4-12(10)16(11)14/h1-8H,9H2. The van der Waals surface area contributed by atoms with Crippen LogP contribution in [0.1, 0.15) is 5.56 Å². The molecule has 2 aromatic carbocycles. The first-order valence-electron chi connectivity index (χ1n) is 7.40. The lowest BCUT2D eigenvalue weighted by Crippen LogP contribution is -2.24. The van der Waals surface area contributed by atoms with Gasteiger partial charge in [0.2, 0.25) is 0 Å². The van der Waals surface area contributed by atoms with Gasteiger partial charge < -0.3 is 4.42 Å². The molecule has 0 fully saturated rings. The molecule has 0 radical (unpaired) electrons. The van der Waals surface area contributed by atoms with Crippen molar-refractivity contribution in [3.05, 3.63) is 85.0 Å². The Morgan fingerprint density at radius 1 is 1.08 bits per heavy atom. The SMILES string of the molecule is O=c1cc(Cn2ncc(Cl)c(Cl)c2=O)c2c(ccc3ccccc32)o1. The van der Waals surface area contributed by atoms with Crippen LogP contribution in [0, 0.1) is 0 Å². The second kappa shape index (κ2) is 6.02. The topological polar surface area (TPSA) is 65.1 Å². The maximum Gasteiger partial charge on any atom is 0.336 e. The Morgan fingerprint density at radius 2 is 1.88 bits per heavy atom. The molecular weight excluding hydrogens is 363 g/mol. The number of fused-ring (bicyclic) bond motifs is 3. The Morgan fingerprint density at radius 3 is 2.72 bits per heavy atom. The third kappa shape index (κ3) is 2.71. The van der Waals surface area contributed by atoms with Gasteiger partial charge in [-0.2, -0.15) is 5.10 Å². The molecule has 0 atom stereocenters. The van der Waals surface area contributed by atoms with Crippen molar-refractivity contribution in [3.8, 4) is 0 Å². The maximum atomic E-state index is 12.3. The van der Waals surface area contributed by atoms with Gasteiger partial charge in [-0.15, -0.1) is 0 Å². The Kier molecular flexibility index (Phi) is 3.82. The fraction of sp³-hybridized carbons (Fsp3) is 0.0556. The molecule has 4 aromatic rings. The molecule has 124 valence electrons. The molecule has 25 heavy (non-hydrogen) atoms. The minimum absolute atomic E-state index is 0.0752. The molecule has 5 nitrogen and oxygen atoms in total. The van der Waals surface area contributed by atoms with E-state index in [9.17, 15) is 9.59 Å². The number of aromatic nitrogens is 2. The summed E-state index contributed by atoms with van der Waals surface area (Å²) in [5.74, 6) is 0. The summed E-state index contributed by atoms with van der Waals surface area (Å²) in [5, 5.41) is 6.68. The van der Waals surface area contributed by atoms with Gasteiger partial charge in [0.25, 0.3) is 5.56 Å². The summed E-state index contributed by atoms with van der Waals surface area (Å²) in [5.41, 5.74) is 0.0621. The lowest BCUT2D eigenvalue weighted by molar-refractivity contribution is 0.555. The van der Waals surface area contributed by atoms with Crippen molar-refractivity contribution in [1.29, 1.82) is 0 Å². The molecule has 2 heterocycles. The summed E-state index contributed by atoms with van der Waals surface area (Å²) in [4.78, 5) is 24.2. The summed E-state index contributed by atoms with van der Waals surface area (Å²) in [6, 6.07) is 12.7. The highest BCUT2D eigenvalue weighted by Crippen LogP contribution is 2.27. The Balaban J connectivity index is 2.01. The molecule has 0 saturated heterocycles. The maximum absolute atomic E-state index is 12.3. The van der Waals surface area contributed by atoms with Crippen LogP contribution in [0.3, 0.4) is 0 Å². The minimum atomic E-state index is -0.518. The molecule has 0 aliphatic rings. The molecule has 0 spiro atoms. The van der Waals surface area contributed by atoms with Crippen LogP contribution in [0.25, 0.3) is 21.7 Å². The normalized spacial score (nSPS) is 11.3. The van der Waals surface area contributed by atoms with Gasteiger partial charge in [-0.25, -0.2) is 9.48 Å². The fourth-order valence-electron chi connectivity index (χ4n) is 2.86. The van der Waals surface area contributed by atoms with Gasteiger partial charge >= 0.3 is 5.63 Å². The zero-order valence-electron chi connectivity index (χ0n) is 12.7. The average Bonchev–Trinajstić information content (AvgIpc) is 2.61. The lowest BCUT2D eigenvalue weighted by atomic mass is 10.0. The Bertz CT molecular complexity index is 1240. The highest BCUT2D eigenvalue weighted by molar-refractivity contribution is 6.41. The minimum Gasteiger partial charge on any atom is -0.423 e. The number of hydrogen-bond donors (Lipinski definition) is 0. The van der Waals surface area contributed by atoms with E-state index in [0.717, 1.165) is 16.2 Å². The summed E-state index contributed by atoms with van der Waals surface area (Å²) in [6.45, 7) is 0.0752. The first-order valence-corrected chi connectivity index (χ1v) is 8.16. The monoisotopic (exact) mass is 372 g/mol. The summed E-state index contributed by atoms with van der Waals surface area (Å²) >= 11 is 11.7. The molecule has 0 bridgehead atoms. The van der Waals surface area contributed by atoms with E-state index >= 15 is 0 Å². The number of rotatable bonds is 2. The van der Waals surface area contributed by atoms with Crippen molar-refractivity contribution in [2.45, 2.75) is 6.54 Å². The van der Waals surface area contributed by atoms with E-state index in [0.29, 0.717) is 11.1 Å². The van der Waals surface area contributed by atoms with Gasteiger partial charge in [0.05, 0.1) is 17.8 Å². The van der Waals surface area contributed by atoms with E-state index in [4.69, 9.17) is 27.6 Å². The van der Waals surface area contributed by atoms with Crippen LogP contribution in [0.5, 0.6) is 0 Å². The molecule has 7 heteroatoms. The molecule has 2 aromatic heterocycles. The molecule has 0 aliphatic carbocycles. The van der Waals surface area contributed by atoms with Gasteiger partial charge in [0, 0.05) is 11.5 Å². The molecule has 0 aliphatic heterocycles. The molecule has 0 amide bonds. The molecule has 0 N–H and O–H groups in total. The van der Waals surface area contributed by atoms with Crippen LogP contribution in [-0.4, -0.2) is 9.78 Å². The first-order chi connectivity index (χ1) is 12.0. The van der Waals surface area contributed by atoms with Crippen molar-refractivity contribution in [3.63, 3.8) is 0 Å². The zero-order valence-corrected chi connectivity index (χ0v) is 14.2. The van der Waals surface area contributed by atoms with Crippen LogP contribution in [-0.2, 0) is 6.54 Å². The van der Waals surface area contributed by atoms with E-state index < -0.39 is 11.2 Å². The molecule has 4 rings (SSSR count). The number of nitrogens with zero attached hydrogens (tertiary/aromatic N) is 2. The number of halogens is 2. The number of benzene rings is 2. The van der Waals surface area contributed by atoms with Gasteiger partial charge in [-0.05, 0) is 22.4 Å². The predicted octanol–water partition coefficient (Wildman–Crippen LogP) is 3.86. The predicted molar refractivity (Wildman–Crippen MR) is 97.6 cm³/mol. The third-order valence-corrected chi connectivity index (χ3v) is 4.73. The number of hydrogen-bond acceptors (Lipinski definition) is 4. The second-order valence-corrected chi connectivity index (χ2v) is 6.30. The van der Waals surface area contributed by atoms with Crippen molar-refractivity contribution in [2.75, 3.05) is 0 Å².